The van der Waals surface area contributed by atoms with Crippen molar-refractivity contribution >= 4 is 33.8 Å². The summed E-state index contributed by atoms with van der Waals surface area (Å²) in [5.41, 5.74) is 6.16. The average molecular weight is 404 g/mol. The summed E-state index contributed by atoms with van der Waals surface area (Å²) in [6.45, 7) is 3.75. The molecule has 0 bridgehead atoms. The van der Waals surface area contributed by atoms with Crippen LogP contribution >= 0.6 is 11.3 Å². The molecule has 1 aliphatic heterocycles. The SMILES string of the molecule is Cc1c(NC(=O)c2nc3c(s2)CNCC3)cccc1-c1cccc2c1cnn2C. The van der Waals surface area contributed by atoms with Crippen LogP contribution in [0.15, 0.2) is 42.6 Å². The molecule has 29 heavy (non-hydrogen) atoms. The second-order valence-electron chi connectivity index (χ2n) is 7.25. The molecule has 0 radical (unpaired) electrons. The number of carbonyl (C=O) groups excluding carboxylic acids is 1. The Labute approximate surface area is 172 Å². The predicted octanol–water partition coefficient (Wildman–Crippen LogP) is 3.90. The largest absolute Gasteiger partial charge is 0.320 e. The smallest absolute Gasteiger partial charge is 0.284 e. The average Bonchev–Trinajstić information content (AvgIpc) is 3.34. The molecule has 2 N–H and O–H groups in total. The molecule has 4 aromatic rings. The summed E-state index contributed by atoms with van der Waals surface area (Å²) in [4.78, 5) is 18.6. The normalized spacial score (nSPS) is 13.4. The molecule has 5 rings (SSSR count). The van der Waals surface area contributed by atoms with Crippen molar-refractivity contribution in [2.45, 2.75) is 19.9 Å². The van der Waals surface area contributed by atoms with E-state index in [4.69, 9.17) is 0 Å². The van der Waals surface area contributed by atoms with Gasteiger partial charge in [-0.3, -0.25) is 9.48 Å². The first-order valence-electron chi connectivity index (χ1n) is 9.63. The molecule has 2 aromatic heterocycles. The number of anilines is 1. The van der Waals surface area contributed by atoms with Gasteiger partial charge >= 0.3 is 0 Å². The van der Waals surface area contributed by atoms with E-state index in [9.17, 15) is 4.79 Å². The fourth-order valence-electron chi connectivity index (χ4n) is 3.87. The predicted molar refractivity (Wildman–Crippen MR) is 116 cm³/mol. The third-order valence-electron chi connectivity index (χ3n) is 5.46. The maximum absolute atomic E-state index is 12.9. The van der Waals surface area contributed by atoms with Gasteiger partial charge in [-0.05, 0) is 35.7 Å². The summed E-state index contributed by atoms with van der Waals surface area (Å²) >= 11 is 1.48. The van der Waals surface area contributed by atoms with E-state index in [1.807, 2.05) is 43.0 Å². The Bertz CT molecular complexity index is 1220. The number of hydrogen-bond acceptors (Lipinski definition) is 5. The second-order valence-corrected chi connectivity index (χ2v) is 8.34. The van der Waals surface area contributed by atoms with Crippen LogP contribution in [0.3, 0.4) is 0 Å². The molecule has 0 saturated carbocycles. The molecular formula is C22H21N5OS. The lowest BCUT2D eigenvalue weighted by Crippen LogP contribution is -2.22. The van der Waals surface area contributed by atoms with E-state index < -0.39 is 0 Å². The van der Waals surface area contributed by atoms with Gasteiger partial charge in [0.2, 0.25) is 0 Å². The topological polar surface area (TPSA) is 71.8 Å². The number of thiazole rings is 1. The van der Waals surface area contributed by atoms with Crippen molar-refractivity contribution in [1.29, 1.82) is 0 Å². The van der Waals surface area contributed by atoms with Gasteiger partial charge in [0, 0.05) is 42.5 Å². The number of nitrogens with zero attached hydrogens (tertiary/aromatic N) is 3. The first-order valence-corrected chi connectivity index (χ1v) is 10.4. The Morgan fingerprint density at radius 1 is 1.21 bits per heavy atom. The van der Waals surface area contributed by atoms with Gasteiger partial charge in [-0.1, -0.05) is 24.3 Å². The quantitative estimate of drug-likeness (QED) is 0.544. The minimum Gasteiger partial charge on any atom is -0.320 e. The van der Waals surface area contributed by atoms with Gasteiger partial charge in [0.25, 0.3) is 5.91 Å². The van der Waals surface area contributed by atoms with E-state index in [0.29, 0.717) is 5.01 Å². The third kappa shape index (κ3) is 3.12. The molecule has 1 aliphatic rings. The van der Waals surface area contributed by atoms with E-state index in [2.05, 4.69) is 38.9 Å². The van der Waals surface area contributed by atoms with E-state index in [1.54, 1.807) is 0 Å². The number of aryl methyl sites for hydroxylation is 1. The Morgan fingerprint density at radius 2 is 2.03 bits per heavy atom. The van der Waals surface area contributed by atoms with Crippen LogP contribution in [0.5, 0.6) is 0 Å². The molecule has 6 nitrogen and oxygen atoms in total. The molecule has 1 amide bonds. The third-order valence-corrected chi connectivity index (χ3v) is 6.56. The van der Waals surface area contributed by atoms with Crippen LogP contribution in [0.2, 0.25) is 0 Å². The zero-order chi connectivity index (χ0) is 20.0. The summed E-state index contributed by atoms with van der Waals surface area (Å²) in [5.74, 6) is -0.149. The highest BCUT2D eigenvalue weighted by molar-refractivity contribution is 7.13. The van der Waals surface area contributed by atoms with Crippen LogP contribution in [-0.4, -0.2) is 27.2 Å². The monoisotopic (exact) mass is 403 g/mol. The highest BCUT2D eigenvalue weighted by atomic mass is 32.1. The number of amides is 1. The fraction of sp³-hybridized carbons (Fsp3) is 0.227. The lowest BCUT2D eigenvalue weighted by atomic mass is 9.96. The van der Waals surface area contributed by atoms with Crippen molar-refractivity contribution in [2.75, 3.05) is 11.9 Å². The van der Waals surface area contributed by atoms with Gasteiger partial charge in [0.05, 0.1) is 17.4 Å². The van der Waals surface area contributed by atoms with Gasteiger partial charge in [0.1, 0.15) is 0 Å². The first-order chi connectivity index (χ1) is 14.1. The van der Waals surface area contributed by atoms with Gasteiger partial charge in [-0.2, -0.15) is 5.10 Å². The fourth-order valence-corrected chi connectivity index (χ4v) is 4.85. The van der Waals surface area contributed by atoms with Crippen molar-refractivity contribution in [1.82, 2.24) is 20.1 Å². The number of fused-ring (bicyclic) bond motifs is 2. The van der Waals surface area contributed by atoms with Crippen molar-refractivity contribution in [2.24, 2.45) is 7.05 Å². The molecule has 0 aliphatic carbocycles. The van der Waals surface area contributed by atoms with Crippen molar-refractivity contribution in [3.8, 4) is 11.1 Å². The van der Waals surface area contributed by atoms with Crippen LogP contribution in [0.1, 0.15) is 25.9 Å². The standard InChI is InChI=1S/C22H21N5OS/c1-13-14(15-6-4-8-19-16(15)11-24-27(19)2)5-3-7-17(13)25-21(28)22-26-18-9-10-23-12-20(18)29-22/h3-8,11,23H,9-10,12H2,1-2H3,(H,25,28). The van der Waals surface area contributed by atoms with Crippen LogP contribution in [0.25, 0.3) is 22.0 Å². The summed E-state index contributed by atoms with van der Waals surface area (Å²) < 4.78 is 1.87. The van der Waals surface area contributed by atoms with Crippen molar-refractivity contribution in [3.63, 3.8) is 0 Å². The molecule has 0 spiro atoms. The zero-order valence-electron chi connectivity index (χ0n) is 16.3. The first kappa shape index (κ1) is 18.0. The van der Waals surface area contributed by atoms with Crippen molar-refractivity contribution < 1.29 is 4.79 Å². The Morgan fingerprint density at radius 3 is 2.90 bits per heavy atom. The van der Waals surface area contributed by atoms with Gasteiger partial charge in [0.15, 0.2) is 5.01 Å². The molecule has 3 heterocycles. The number of hydrogen-bond donors (Lipinski definition) is 2. The van der Waals surface area contributed by atoms with Crippen LogP contribution in [0, 0.1) is 6.92 Å². The Hall–Kier alpha value is -3.03. The maximum atomic E-state index is 12.9. The molecule has 0 fully saturated rings. The van der Waals surface area contributed by atoms with Crippen LogP contribution in [0.4, 0.5) is 5.69 Å². The summed E-state index contributed by atoms with van der Waals surface area (Å²) in [6.07, 6.45) is 2.77. The van der Waals surface area contributed by atoms with E-state index in [-0.39, 0.29) is 5.91 Å². The van der Waals surface area contributed by atoms with E-state index in [1.165, 1.54) is 11.3 Å². The number of nitrogens with one attached hydrogen (secondary N) is 2. The highest BCUT2D eigenvalue weighted by Crippen LogP contribution is 2.34. The van der Waals surface area contributed by atoms with Crippen LogP contribution < -0.4 is 10.6 Å². The summed E-state index contributed by atoms with van der Waals surface area (Å²) in [7, 11) is 1.94. The molecule has 2 aromatic carbocycles. The molecular weight excluding hydrogens is 382 g/mol. The van der Waals surface area contributed by atoms with E-state index in [0.717, 1.165) is 63.4 Å². The molecule has 0 saturated heterocycles. The number of benzene rings is 2. The Balaban J connectivity index is 1.49. The van der Waals surface area contributed by atoms with Crippen molar-refractivity contribution in [3.05, 3.63) is 63.7 Å². The summed E-state index contributed by atoms with van der Waals surface area (Å²) in [5, 5.41) is 12.4. The molecule has 7 heteroatoms. The summed E-state index contributed by atoms with van der Waals surface area (Å²) in [6, 6.07) is 12.2. The van der Waals surface area contributed by atoms with Gasteiger partial charge < -0.3 is 10.6 Å². The van der Waals surface area contributed by atoms with Crippen LogP contribution in [-0.2, 0) is 20.0 Å². The highest BCUT2D eigenvalue weighted by Gasteiger charge is 2.20. The molecule has 146 valence electrons. The maximum Gasteiger partial charge on any atom is 0.284 e. The minimum absolute atomic E-state index is 0.149. The number of rotatable bonds is 3. The molecule has 0 atom stereocenters. The van der Waals surface area contributed by atoms with E-state index >= 15 is 0 Å². The number of aromatic nitrogens is 3. The number of carbonyl (C=O) groups is 1. The minimum atomic E-state index is -0.149. The van der Waals surface area contributed by atoms with Gasteiger partial charge in [-0.25, -0.2) is 4.98 Å². The zero-order valence-corrected chi connectivity index (χ0v) is 17.1. The lowest BCUT2D eigenvalue weighted by molar-refractivity contribution is 0.102. The lowest BCUT2D eigenvalue weighted by Gasteiger charge is -2.13. The second kappa shape index (κ2) is 7.09. The Kier molecular flexibility index (Phi) is 4.41. The molecule has 0 unspecified atom stereocenters. The van der Waals surface area contributed by atoms with Gasteiger partial charge in [-0.15, -0.1) is 11.3 Å².